The van der Waals surface area contributed by atoms with Crippen molar-refractivity contribution in [2.75, 3.05) is 0 Å². The number of nitrogens with zero attached hydrogens (tertiary/aromatic N) is 1. The number of primary amides is 1. The van der Waals surface area contributed by atoms with Crippen LogP contribution < -0.4 is 5.73 Å². The molecule has 0 unspecified atom stereocenters. The molecule has 1 heterocycles. The van der Waals surface area contributed by atoms with E-state index in [4.69, 9.17) is 5.73 Å². The fourth-order valence-corrected chi connectivity index (χ4v) is 3.81. The first-order valence-corrected chi connectivity index (χ1v) is 9.17. The Labute approximate surface area is 157 Å². The molecule has 0 spiro atoms. The summed E-state index contributed by atoms with van der Waals surface area (Å²) in [5.74, 6) is -0.688. The van der Waals surface area contributed by atoms with E-state index >= 15 is 0 Å². The Hall–Kier alpha value is -3.14. The molecule has 0 saturated carbocycles. The summed E-state index contributed by atoms with van der Waals surface area (Å²) in [5.41, 5.74) is 9.84. The molecule has 0 aliphatic heterocycles. The molecule has 2 N–H and O–H groups in total. The van der Waals surface area contributed by atoms with Crippen LogP contribution in [0.3, 0.4) is 0 Å². The van der Waals surface area contributed by atoms with E-state index in [0.29, 0.717) is 17.7 Å². The molecular formula is C23H21FN2O. The van der Waals surface area contributed by atoms with Gasteiger partial charge in [0.1, 0.15) is 5.82 Å². The van der Waals surface area contributed by atoms with Crippen LogP contribution >= 0.6 is 0 Å². The predicted octanol–water partition coefficient (Wildman–Crippen LogP) is 5.03. The van der Waals surface area contributed by atoms with Crippen molar-refractivity contribution in [2.24, 2.45) is 5.73 Å². The molecule has 1 amide bonds. The number of aryl methyl sites for hydroxylation is 1. The van der Waals surface area contributed by atoms with Crippen LogP contribution in [0.4, 0.5) is 4.39 Å². The zero-order valence-electron chi connectivity index (χ0n) is 15.2. The van der Waals surface area contributed by atoms with E-state index in [1.165, 1.54) is 11.6 Å². The third-order valence-corrected chi connectivity index (χ3v) is 5.05. The molecule has 0 aliphatic rings. The standard InChI is InChI=1S/C23H21FN2O/c1-2-6-15-11-12-17-21(13-15)26(14-16-7-3-4-9-19(16)24)20-10-5-8-18(22(17)20)23(25)27/h3-5,7-13H,2,6,14H2,1H3,(H2,25,27). The fraction of sp³-hybridized carbons (Fsp3) is 0.174. The number of carbonyl (C=O) groups excluding carboxylic acids is 1. The van der Waals surface area contributed by atoms with Gasteiger partial charge >= 0.3 is 0 Å². The van der Waals surface area contributed by atoms with Gasteiger partial charge in [0.05, 0.1) is 12.1 Å². The van der Waals surface area contributed by atoms with E-state index in [1.807, 2.05) is 24.3 Å². The lowest BCUT2D eigenvalue weighted by atomic mass is 10.0. The molecule has 3 aromatic carbocycles. The van der Waals surface area contributed by atoms with Crippen molar-refractivity contribution in [2.45, 2.75) is 26.3 Å². The lowest BCUT2D eigenvalue weighted by molar-refractivity contribution is 0.100. The first kappa shape index (κ1) is 17.3. The number of hydrogen-bond acceptors (Lipinski definition) is 1. The SMILES string of the molecule is CCCc1ccc2c3c(C(N)=O)cccc3n(Cc3ccccc3F)c2c1. The van der Waals surface area contributed by atoms with Crippen molar-refractivity contribution < 1.29 is 9.18 Å². The Balaban J connectivity index is 2.04. The molecule has 0 fully saturated rings. The molecule has 0 radical (unpaired) electrons. The second kappa shape index (κ2) is 6.88. The Morgan fingerprint density at radius 1 is 1.04 bits per heavy atom. The molecule has 4 heteroatoms. The molecule has 1 aromatic heterocycles. The summed E-state index contributed by atoms with van der Waals surface area (Å²) in [6.07, 6.45) is 2.02. The van der Waals surface area contributed by atoms with Crippen molar-refractivity contribution in [3.8, 4) is 0 Å². The molecule has 4 aromatic rings. The molecule has 0 saturated heterocycles. The Kier molecular flexibility index (Phi) is 4.40. The summed E-state index contributed by atoms with van der Waals surface area (Å²) in [4.78, 5) is 12.0. The maximum Gasteiger partial charge on any atom is 0.249 e. The molecule has 0 aliphatic carbocycles. The first-order valence-electron chi connectivity index (χ1n) is 9.17. The van der Waals surface area contributed by atoms with Crippen molar-refractivity contribution >= 4 is 27.7 Å². The normalized spacial score (nSPS) is 11.3. The van der Waals surface area contributed by atoms with E-state index in [-0.39, 0.29) is 5.82 Å². The van der Waals surface area contributed by atoms with Crippen molar-refractivity contribution in [1.29, 1.82) is 0 Å². The van der Waals surface area contributed by atoms with Gasteiger partial charge in [0.15, 0.2) is 0 Å². The summed E-state index contributed by atoms with van der Waals surface area (Å²) in [7, 11) is 0. The average Bonchev–Trinajstić information content (AvgIpc) is 2.97. The number of nitrogens with two attached hydrogens (primary N) is 1. The number of benzene rings is 3. The minimum Gasteiger partial charge on any atom is -0.366 e. The third-order valence-electron chi connectivity index (χ3n) is 5.05. The average molecular weight is 360 g/mol. The summed E-state index contributed by atoms with van der Waals surface area (Å²) in [5, 5.41) is 1.80. The molecule has 27 heavy (non-hydrogen) atoms. The van der Waals surface area contributed by atoms with Crippen LogP contribution in [0.15, 0.2) is 60.7 Å². The number of aromatic nitrogens is 1. The van der Waals surface area contributed by atoms with Gasteiger partial charge in [0.25, 0.3) is 0 Å². The molecular weight excluding hydrogens is 339 g/mol. The summed E-state index contributed by atoms with van der Waals surface area (Å²) in [6.45, 7) is 2.54. The van der Waals surface area contributed by atoms with Gasteiger partial charge in [-0.2, -0.15) is 0 Å². The summed E-state index contributed by atoms with van der Waals surface area (Å²) in [6, 6.07) is 18.6. The minimum atomic E-state index is -0.455. The van der Waals surface area contributed by atoms with Gasteiger partial charge in [-0.05, 0) is 36.2 Å². The second-order valence-corrected chi connectivity index (χ2v) is 6.84. The number of fused-ring (bicyclic) bond motifs is 3. The van der Waals surface area contributed by atoms with E-state index < -0.39 is 5.91 Å². The number of carbonyl (C=O) groups is 1. The maximum atomic E-state index is 14.3. The third kappa shape index (κ3) is 2.97. The Morgan fingerprint density at radius 2 is 1.85 bits per heavy atom. The number of amides is 1. The number of hydrogen-bond donors (Lipinski definition) is 1. The molecule has 3 nitrogen and oxygen atoms in total. The highest BCUT2D eigenvalue weighted by atomic mass is 19.1. The number of rotatable bonds is 5. The Bertz CT molecular complexity index is 1160. The van der Waals surface area contributed by atoms with Crippen LogP contribution in [0.5, 0.6) is 0 Å². The molecule has 0 atom stereocenters. The zero-order chi connectivity index (χ0) is 19.0. The monoisotopic (exact) mass is 360 g/mol. The highest BCUT2D eigenvalue weighted by molar-refractivity contribution is 6.17. The van der Waals surface area contributed by atoms with Crippen molar-refractivity contribution in [1.82, 2.24) is 4.57 Å². The predicted molar refractivity (Wildman–Crippen MR) is 107 cm³/mol. The topological polar surface area (TPSA) is 48.0 Å². The molecule has 136 valence electrons. The van der Waals surface area contributed by atoms with Crippen LogP contribution in [0.2, 0.25) is 0 Å². The molecule has 4 rings (SSSR count). The highest BCUT2D eigenvalue weighted by Crippen LogP contribution is 2.33. The summed E-state index contributed by atoms with van der Waals surface area (Å²) >= 11 is 0. The zero-order valence-corrected chi connectivity index (χ0v) is 15.2. The van der Waals surface area contributed by atoms with Crippen molar-refractivity contribution in [3.05, 3.63) is 83.2 Å². The van der Waals surface area contributed by atoms with Gasteiger partial charge in [-0.15, -0.1) is 0 Å². The van der Waals surface area contributed by atoms with E-state index in [1.54, 1.807) is 18.2 Å². The highest BCUT2D eigenvalue weighted by Gasteiger charge is 2.17. The summed E-state index contributed by atoms with van der Waals surface area (Å²) < 4.78 is 16.4. The van der Waals surface area contributed by atoms with Gasteiger partial charge in [-0.1, -0.05) is 49.7 Å². The van der Waals surface area contributed by atoms with Crippen LogP contribution in [-0.2, 0) is 13.0 Å². The second-order valence-electron chi connectivity index (χ2n) is 6.84. The smallest absolute Gasteiger partial charge is 0.249 e. The van der Waals surface area contributed by atoms with E-state index in [2.05, 4.69) is 23.6 Å². The largest absolute Gasteiger partial charge is 0.366 e. The van der Waals surface area contributed by atoms with E-state index in [0.717, 1.165) is 34.6 Å². The Morgan fingerprint density at radius 3 is 2.59 bits per heavy atom. The van der Waals surface area contributed by atoms with Crippen LogP contribution in [0.1, 0.15) is 34.8 Å². The lowest BCUT2D eigenvalue weighted by Crippen LogP contribution is -2.11. The van der Waals surface area contributed by atoms with Gasteiger partial charge in [0.2, 0.25) is 5.91 Å². The van der Waals surface area contributed by atoms with Crippen LogP contribution in [0.25, 0.3) is 21.8 Å². The van der Waals surface area contributed by atoms with Crippen molar-refractivity contribution in [3.63, 3.8) is 0 Å². The van der Waals surface area contributed by atoms with Gasteiger partial charge in [0, 0.05) is 27.4 Å². The number of halogens is 1. The van der Waals surface area contributed by atoms with E-state index in [9.17, 15) is 9.18 Å². The maximum absolute atomic E-state index is 14.3. The quantitative estimate of drug-likeness (QED) is 0.533. The van der Waals surface area contributed by atoms with Crippen LogP contribution in [-0.4, -0.2) is 10.5 Å². The van der Waals surface area contributed by atoms with Gasteiger partial charge < -0.3 is 10.3 Å². The first-order chi connectivity index (χ1) is 13.1. The minimum absolute atomic E-state index is 0.233. The van der Waals surface area contributed by atoms with Gasteiger partial charge in [-0.3, -0.25) is 4.79 Å². The lowest BCUT2D eigenvalue weighted by Gasteiger charge is -2.10. The fourth-order valence-electron chi connectivity index (χ4n) is 3.81. The molecule has 0 bridgehead atoms. The van der Waals surface area contributed by atoms with Crippen LogP contribution in [0, 0.1) is 5.82 Å². The van der Waals surface area contributed by atoms with Gasteiger partial charge in [-0.25, -0.2) is 4.39 Å².